The van der Waals surface area contributed by atoms with E-state index in [9.17, 15) is 18.6 Å². The van der Waals surface area contributed by atoms with Gasteiger partial charge in [0.15, 0.2) is 0 Å². The number of phenols is 1. The van der Waals surface area contributed by atoms with Crippen molar-refractivity contribution in [1.82, 2.24) is 0 Å². The van der Waals surface area contributed by atoms with Crippen LogP contribution in [-0.4, -0.2) is 25.2 Å². The summed E-state index contributed by atoms with van der Waals surface area (Å²) in [7, 11) is -3.96. The van der Waals surface area contributed by atoms with E-state index < -0.39 is 16.6 Å². The monoisotopic (exact) mass is 335 g/mol. The third-order valence-electron chi connectivity index (χ3n) is 3.72. The molecule has 1 aliphatic heterocycles. The number of fused-ring (bicyclic) bond motifs is 1. The van der Waals surface area contributed by atoms with Crippen LogP contribution in [-0.2, 0) is 23.1 Å². The number of aromatic hydroxyl groups is 1. The molecule has 7 heteroatoms. The lowest BCUT2D eigenvalue weighted by Gasteiger charge is -2.21. The molecule has 1 heterocycles. The maximum absolute atomic E-state index is 12.7. The van der Waals surface area contributed by atoms with Gasteiger partial charge in [-0.15, -0.1) is 0 Å². The van der Waals surface area contributed by atoms with Crippen molar-refractivity contribution in [3.8, 4) is 11.5 Å². The Hall–Kier alpha value is -2.25. The number of ether oxygens (including phenoxy) is 1. The molecule has 0 amide bonds. The van der Waals surface area contributed by atoms with E-state index >= 15 is 0 Å². The number of anilines is 1. The topological polar surface area (TPSA) is 95.9 Å². The highest BCUT2D eigenvalue weighted by Gasteiger charge is 2.25. The van der Waals surface area contributed by atoms with Gasteiger partial charge < -0.3 is 14.9 Å². The van der Waals surface area contributed by atoms with E-state index in [-0.39, 0.29) is 16.3 Å². The lowest BCUT2D eigenvalue weighted by Crippen LogP contribution is -2.18. The van der Waals surface area contributed by atoms with Gasteiger partial charge in [0.25, 0.3) is 10.0 Å². The second kappa shape index (κ2) is 6.10. The maximum atomic E-state index is 12.7. The van der Waals surface area contributed by atoms with E-state index in [1.807, 2.05) is 6.07 Å². The van der Waals surface area contributed by atoms with Crippen molar-refractivity contribution in [2.75, 3.05) is 11.3 Å². The average Bonchev–Trinajstić information content (AvgIpc) is 2.56. The number of rotatable bonds is 4. The summed E-state index contributed by atoms with van der Waals surface area (Å²) in [5, 5.41) is 19.2. The van der Waals surface area contributed by atoms with Crippen LogP contribution in [0.3, 0.4) is 0 Å². The average molecular weight is 335 g/mol. The predicted octanol–water partition coefficient (Wildman–Crippen LogP) is 2.01. The van der Waals surface area contributed by atoms with E-state index in [2.05, 4.69) is 4.72 Å². The fourth-order valence-corrected chi connectivity index (χ4v) is 3.90. The SMILES string of the molecule is O=S(=O)(Nc1c(O)cccc1CO)c1cccc2c1OCCC2. The van der Waals surface area contributed by atoms with E-state index in [1.165, 1.54) is 24.3 Å². The first-order valence-electron chi connectivity index (χ1n) is 7.22. The van der Waals surface area contributed by atoms with Crippen LogP contribution in [0.15, 0.2) is 41.3 Å². The Kier molecular flexibility index (Phi) is 4.14. The van der Waals surface area contributed by atoms with Crippen LogP contribution in [0.25, 0.3) is 0 Å². The van der Waals surface area contributed by atoms with Crippen LogP contribution >= 0.6 is 0 Å². The lowest BCUT2D eigenvalue weighted by atomic mass is 10.1. The molecule has 0 aromatic heterocycles. The third kappa shape index (κ3) is 2.97. The Morgan fingerprint density at radius 1 is 1.17 bits per heavy atom. The summed E-state index contributed by atoms with van der Waals surface area (Å²) in [5.41, 5.74) is 1.11. The normalized spacial score (nSPS) is 14.0. The molecule has 0 spiro atoms. The van der Waals surface area contributed by atoms with Crippen molar-refractivity contribution >= 4 is 15.7 Å². The Labute approximate surface area is 134 Å². The first-order chi connectivity index (χ1) is 11.0. The minimum Gasteiger partial charge on any atom is -0.506 e. The van der Waals surface area contributed by atoms with Gasteiger partial charge in [0.2, 0.25) is 0 Å². The van der Waals surface area contributed by atoms with Gasteiger partial charge in [0.1, 0.15) is 16.4 Å². The van der Waals surface area contributed by atoms with Gasteiger partial charge in [0, 0.05) is 5.56 Å². The molecular formula is C16H17NO5S. The zero-order valence-corrected chi connectivity index (χ0v) is 13.1. The molecule has 2 aromatic rings. The molecule has 1 aliphatic rings. The van der Waals surface area contributed by atoms with Crippen LogP contribution in [0.5, 0.6) is 11.5 Å². The van der Waals surface area contributed by atoms with Crippen molar-refractivity contribution in [2.45, 2.75) is 24.3 Å². The molecule has 3 rings (SSSR count). The summed E-state index contributed by atoms with van der Waals surface area (Å²) in [6, 6.07) is 9.40. The number of para-hydroxylation sites is 2. The minimum absolute atomic E-state index is 0.0246. The zero-order valence-electron chi connectivity index (χ0n) is 12.3. The van der Waals surface area contributed by atoms with Crippen LogP contribution in [0.1, 0.15) is 17.5 Å². The van der Waals surface area contributed by atoms with Crippen molar-refractivity contribution in [1.29, 1.82) is 0 Å². The standard InChI is InChI=1S/C16H17NO5S/c18-10-12-5-1-7-13(19)15(12)17-23(20,21)14-8-2-4-11-6-3-9-22-16(11)14/h1-2,4-5,7-8,17-19H,3,6,9-10H2. The Balaban J connectivity index is 2.04. The molecule has 0 fully saturated rings. The predicted molar refractivity (Wildman–Crippen MR) is 85.1 cm³/mol. The third-order valence-corrected chi connectivity index (χ3v) is 5.10. The fourth-order valence-electron chi connectivity index (χ4n) is 2.60. The number of aliphatic hydroxyl groups is 1. The van der Waals surface area contributed by atoms with E-state index in [0.29, 0.717) is 17.9 Å². The van der Waals surface area contributed by atoms with Gasteiger partial charge in [-0.2, -0.15) is 0 Å². The summed E-state index contributed by atoms with van der Waals surface area (Å²) in [5.74, 6) is 0.109. The molecule has 0 atom stereocenters. The maximum Gasteiger partial charge on any atom is 0.265 e. The summed E-state index contributed by atoms with van der Waals surface area (Å²) in [6.07, 6.45) is 1.61. The van der Waals surface area contributed by atoms with Gasteiger partial charge >= 0.3 is 0 Å². The van der Waals surface area contributed by atoms with Crippen molar-refractivity contribution in [3.63, 3.8) is 0 Å². The first-order valence-corrected chi connectivity index (χ1v) is 8.70. The second-order valence-electron chi connectivity index (χ2n) is 5.27. The van der Waals surface area contributed by atoms with E-state index in [1.54, 1.807) is 6.07 Å². The number of aliphatic hydroxyl groups excluding tert-OH is 1. The van der Waals surface area contributed by atoms with Gasteiger partial charge in [-0.3, -0.25) is 4.72 Å². The number of aryl methyl sites for hydroxylation is 1. The molecule has 0 saturated heterocycles. The Morgan fingerprint density at radius 3 is 2.74 bits per heavy atom. The first kappa shape index (κ1) is 15.6. The molecule has 23 heavy (non-hydrogen) atoms. The summed E-state index contributed by atoms with van der Waals surface area (Å²) >= 11 is 0. The molecule has 0 bridgehead atoms. The summed E-state index contributed by atoms with van der Waals surface area (Å²) < 4.78 is 33.3. The van der Waals surface area contributed by atoms with Crippen LogP contribution in [0.2, 0.25) is 0 Å². The summed E-state index contributed by atoms with van der Waals surface area (Å²) in [6.45, 7) is 0.0770. The number of nitrogens with one attached hydrogen (secondary N) is 1. The van der Waals surface area contributed by atoms with Crippen LogP contribution in [0, 0.1) is 0 Å². The molecule has 3 N–H and O–H groups in total. The lowest BCUT2D eigenvalue weighted by molar-refractivity contribution is 0.280. The van der Waals surface area contributed by atoms with Crippen molar-refractivity contribution in [2.24, 2.45) is 0 Å². The highest BCUT2D eigenvalue weighted by Crippen LogP contribution is 2.35. The molecule has 0 unspecified atom stereocenters. The quantitative estimate of drug-likeness (QED) is 0.743. The molecule has 2 aromatic carbocycles. The van der Waals surface area contributed by atoms with Gasteiger partial charge in [-0.1, -0.05) is 24.3 Å². The number of hydrogen-bond acceptors (Lipinski definition) is 5. The highest BCUT2D eigenvalue weighted by atomic mass is 32.2. The summed E-state index contributed by atoms with van der Waals surface area (Å²) in [4.78, 5) is 0.0295. The molecule has 0 radical (unpaired) electrons. The molecule has 122 valence electrons. The Bertz CT molecular complexity index is 832. The van der Waals surface area contributed by atoms with Crippen molar-refractivity contribution < 1.29 is 23.4 Å². The van der Waals surface area contributed by atoms with Crippen LogP contribution < -0.4 is 9.46 Å². The van der Waals surface area contributed by atoms with Crippen molar-refractivity contribution in [3.05, 3.63) is 47.5 Å². The fraction of sp³-hybridized carbons (Fsp3) is 0.250. The molecule has 0 aliphatic carbocycles. The van der Waals surface area contributed by atoms with E-state index in [0.717, 1.165) is 18.4 Å². The van der Waals surface area contributed by atoms with Gasteiger partial charge in [-0.05, 0) is 30.5 Å². The number of hydrogen-bond donors (Lipinski definition) is 3. The molecule has 0 saturated carbocycles. The largest absolute Gasteiger partial charge is 0.506 e. The van der Waals surface area contributed by atoms with E-state index in [4.69, 9.17) is 4.74 Å². The highest BCUT2D eigenvalue weighted by molar-refractivity contribution is 7.92. The molecular weight excluding hydrogens is 318 g/mol. The zero-order chi connectivity index (χ0) is 16.4. The number of sulfonamides is 1. The van der Waals surface area contributed by atoms with Gasteiger partial charge in [-0.25, -0.2) is 8.42 Å². The molecule has 6 nitrogen and oxygen atoms in total. The smallest absolute Gasteiger partial charge is 0.265 e. The Morgan fingerprint density at radius 2 is 1.96 bits per heavy atom. The van der Waals surface area contributed by atoms with Crippen LogP contribution in [0.4, 0.5) is 5.69 Å². The van der Waals surface area contributed by atoms with Gasteiger partial charge in [0.05, 0.1) is 18.9 Å². The minimum atomic E-state index is -3.96. The number of benzene rings is 2. The second-order valence-corrected chi connectivity index (χ2v) is 6.92. The number of phenolic OH excluding ortho intramolecular Hbond substituents is 1.